The second-order valence-electron chi connectivity index (χ2n) is 9.98. The number of aliphatic hydroxyl groups is 1. The lowest BCUT2D eigenvalue weighted by molar-refractivity contribution is -0.148. The van der Waals surface area contributed by atoms with Crippen LogP contribution in [0.2, 0.25) is 19.6 Å². The third kappa shape index (κ3) is 6.52. The fraction of sp³-hybridized carbons (Fsp3) is 0.423. The predicted molar refractivity (Wildman–Crippen MR) is 137 cm³/mol. The number of fused-ring (bicyclic) bond motifs is 1. The van der Waals surface area contributed by atoms with Gasteiger partial charge in [0, 0.05) is 23.8 Å². The monoisotopic (exact) mass is 534 g/mol. The Morgan fingerprint density at radius 3 is 2.38 bits per heavy atom. The zero-order valence-corrected chi connectivity index (χ0v) is 22.3. The average molecular weight is 535 g/mol. The summed E-state index contributed by atoms with van der Waals surface area (Å²) < 4.78 is 35.1. The number of benzene rings is 2. The van der Waals surface area contributed by atoms with E-state index in [2.05, 4.69) is 5.32 Å². The Hall–Kier alpha value is -3.31. The van der Waals surface area contributed by atoms with Crippen LogP contribution in [-0.4, -0.2) is 60.2 Å². The lowest BCUT2D eigenvalue weighted by atomic mass is 9.91. The Labute approximate surface area is 215 Å². The number of carboxylic acids is 1. The van der Waals surface area contributed by atoms with Crippen LogP contribution in [-0.2, 0) is 20.8 Å². The molecule has 0 fully saturated rings. The lowest BCUT2D eigenvalue weighted by Crippen LogP contribution is -2.49. The van der Waals surface area contributed by atoms with Gasteiger partial charge in [-0.1, -0.05) is 25.7 Å². The second-order valence-corrected chi connectivity index (χ2v) is 15.0. The molecule has 2 amide bonds. The number of rotatable bonds is 9. The molecule has 0 spiro atoms. The molecule has 0 saturated heterocycles. The fourth-order valence-corrected chi connectivity index (χ4v) is 6.10. The topological polar surface area (TPSA) is 116 Å². The molecule has 0 saturated carbocycles. The fourth-order valence-electron chi connectivity index (χ4n) is 4.53. The third-order valence-corrected chi connectivity index (χ3v) is 8.14. The number of aliphatic carboxylic acids is 1. The minimum absolute atomic E-state index is 0.0234. The standard InChI is InChI=1S/C26H32F2N2O6Si/c1-5-36-17-6-7-18-15(12-17)10-11-30(26(35)21(31)8-9-22(32)33)23(18)25(34)29-16-13-19(27)24(20(28)14-16)37(2,3)4/h6-7,12-14,21,23,31H,5,8-11H2,1-4H3,(H,29,34)(H,32,33)/t21-,23-/m1/s1. The second kappa shape index (κ2) is 11.4. The molecule has 0 aromatic heterocycles. The van der Waals surface area contributed by atoms with Crippen LogP contribution in [0, 0.1) is 11.6 Å². The van der Waals surface area contributed by atoms with Crippen molar-refractivity contribution in [1.82, 2.24) is 4.90 Å². The van der Waals surface area contributed by atoms with E-state index in [1.54, 1.807) is 37.8 Å². The number of amides is 2. The summed E-state index contributed by atoms with van der Waals surface area (Å²) in [6, 6.07) is 5.97. The van der Waals surface area contributed by atoms with Crippen LogP contribution in [0.3, 0.4) is 0 Å². The molecular weight excluding hydrogens is 502 g/mol. The zero-order chi connectivity index (χ0) is 27.5. The summed E-state index contributed by atoms with van der Waals surface area (Å²) in [6.07, 6.45) is -2.00. The molecule has 11 heteroatoms. The molecular formula is C26H32F2N2O6Si. The Morgan fingerprint density at radius 1 is 1.16 bits per heavy atom. The third-order valence-electron chi connectivity index (χ3n) is 6.16. The normalized spacial score (nSPS) is 16.1. The Bertz CT molecular complexity index is 1180. The first-order valence-corrected chi connectivity index (χ1v) is 15.6. The summed E-state index contributed by atoms with van der Waals surface area (Å²) in [5, 5.41) is 21.8. The minimum atomic E-state index is -2.33. The highest BCUT2D eigenvalue weighted by Crippen LogP contribution is 2.34. The molecule has 2 aromatic rings. The number of halogens is 2. The Kier molecular flexibility index (Phi) is 8.70. The maximum atomic E-state index is 14.8. The number of carboxylic acid groups (broad SMARTS) is 1. The number of anilines is 1. The van der Waals surface area contributed by atoms with Gasteiger partial charge in [-0.2, -0.15) is 0 Å². The smallest absolute Gasteiger partial charge is 0.303 e. The van der Waals surface area contributed by atoms with Gasteiger partial charge in [-0.15, -0.1) is 0 Å². The lowest BCUT2D eigenvalue weighted by Gasteiger charge is -2.37. The van der Waals surface area contributed by atoms with Crippen molar-refractivity contribution >= 4 is 36.7 Å². The summed E-state index contributed by atoms with van der Waals surface area (Å²) in [7, 11) is -2.33. The first-order valence-electron chi connectivity index (χ1n) is 12.1. The summed E-state index contributed by atoms with van der Waals surface area (Å²) in [4.78, 5) is 38.7. The van der Waals surface area contributed by atoms with Crippen LogP contribution in [0.15, 0.2) is 30.3 Å². The van der Waals surface area contributed by atoms with E-state index in [1.807, 2.05) is 6.92 Å². The highest BCUT2D eigenvalue weighted by Gasteiger charge is 2.38. The van der Waals surface area contributed by atoms with Crippen molar-refractivity contribution in [3.8, 4) is 5.75 Å². The quantitative estimate of drug-likeness (QED) is 0.426. The highest BCUT2D eigenvalue weighted by atomic mass is 28.3. The molecule has 1 aliphatic heterocycles. The molecule has 2 aromatic carbocycles. The van der Waals surface area contributed by atoms with Gasteiger partial charge >= 0.3 is 5.97 Å². The van der Waals surface area contributed by atoms with E-state index >= 15 is 0 Å². The van der Waals surface area contributed by atoms with Gasteiger partial charge in [-0.05, 0) is 55.2 Å². The number of hydrogen-bond acceptors (Lipinski definition) is 5. The van der Waals surface area contributed by atoms with Crippen molar-refractivity contribution < 1.29 is 38.1 Å². The SMILES string of the molecule is CCOc1ccc2c(c1)CCN(C(=O)[C@H](O)CCC(=O)O)[C@H]2C(=O)Nc1cc(F)c([Si](C)(C)C)c(F)c1. The number of ether oxygens (including phenoxy) is 1. The van der Waals surface area contributed by atoms with Crippen molar-refractivity contribution in [2.24, 2.45) is 0 Å². The molecule has 1 aliphatic rings. The van der Waals surface area contributed by atoms with Gasteiger partial charge in [-0.25, -0.2) is 8.78 Å². The Balaban J connectivity index is 1.97. The minimum Gasteiger partial charge on any atom is -0.494 e. The van der Waals surface area contributed by atoms with Gasteiger partial charge in [0.05, 0.1) is 14.7 Å². The van der Waals surface area contributed by atoms with E-state index in [1.165, 1.54) is 4.90 Å². The van der Waals surface area contributed by atoms with Crippen molar-refractivity contribution in [1.29, 1.82) is 0 Å². The van der Waals surface area contributed by atoms with Gasteiger partial charge in [0.15, 0.2) is 0 Å². The zero-order valence-electron chi connectivity index (χ0n) is 21.3. The number of carbonyl (C=O) groups is 3. The van der Waals surface area contributed by atoms with Crippen molar-refractivity contribution in [3.05, 3.63) is 53.1 Å². The van der Waals surface area contributed by atoms with Crippen LogP contribution in [0.5, 0.6) is 5.75 Å². The van der Waals surface area contributed by atoms with Crippen LogP contribution in [0.4, 0.5) is 14.5 Å². The molecule has 2 atom stereocenters. The van der Waals surface area contributed by atoms with Gasteiger partial charge in [-0.3, -0.25) is 14.4 Å². The molecule has 3 rings (SSSR count). The molecule has 0 aliphatic carbocycles. The summed E-state index contributed by atoms with van der Waals surface area (Å²) in [5.74, 6) is -3.60. The van der Waals surface area contributed by atoms with Crippen LogP contribution < -0.4 is 15.2 Å². The first kappa shape index (κ1) is 28.3. The van der Waals surface area contributed by atoms with Crippen molar-refractivity contribution in [2.45, 2.75) is 58.0 Å². The number of aliphatic hydroxyl groups excluding tert-OH is 1. The largest absolute Gasteiger partial charge is 0.494 e. The number of carbonyl (C=O) groups excluding carboxylic acids is 2. The van der Waals surface area contributed by atoms with E-state index in [4.69, 9.17) is 9.84 Å². The highest BCUT2D eigenvalue weighted by molar-refractivity contribution is 6.88. The molecule has 200 valence electrons. The maximum Gasteiger partial charge on any atom is 0.303 e. The van der Waals surface area contributed by atoms with Crippen LogP contribution >= 0.6 is 0 Å². The van der Waals surface area contributed by atoms with Crippen molar-refractivity contribution in [3.63, 3.8) is 0 Å². The molecule has 3 N–H and O–H groups in total. The first-order chi connectivity index (χ1) is 17.3. The van der Waals surface area contributed by atoms with E-state index in [0.29, 0.717) is 24.3 Å². The van der Waals surface area contributed by atoms with E-state index < -0.39 is 56.1 Å². The molecule has 37 heavy (non-hydrogen) atoms. The molecule has 8 nitrogen and oxygen atoms in total. The molecule has 0 radical (unpaired) electrons. The molecule has 0 bridgehead atoms. The molecule has 1 heterocycles. The summed E-state index contributed by atoms with van der Waals surface area (Å²) >= 11 is 0. The van der Waals surface area contributed by atoms with E-state index in [0.717, 1.165) is 17.7 Å². The van der Waals surface area contributed by atoms with Gasteiger partial charge < -0.3 is 25.2 Å². The maximum absolute atomic E-state index is 14.8. The van der Waals surface area contributed by atoms with E-state index in [-0.39, 0.29) is 23.8 Å². The molecule has 0 unspecified atom stereocenters. The van der Waals surface area contributed by atoms with Crippen LogP contribution in [0.1, 0.15) is 36.9 Å². The van der Waals surface area contributed by atoms with Gasteiger partial charge in [0.25, 0.3) is 11.8 Å². The summed E-state index contributed by atoms with van der Waals surface area (Å²) in [5.41, 5.74) is 1.13. The summed E-state index contributed by atoms with van der Waals surface area (Å²) in [6.45, 7) is 7.76. The number of nitrogens with one attached hydrogen (secondary N) is 1. The van der Waals surface area contributed by atoms with E-state index in [9.17, 15) is 28.3 Å². The van der Waals surface area contributed by atoms with Gasteiger partial charge in [0.2, 0.25) is 0 Å². The van der Waals surface area contributed by atoms with Gasteiger partial charge in [0.1, 0.15) is 29.5 Å². The Morgan fingerprint density at radius 2 is 1.81 bits per heavy atom. The van der Waals surface area contributed by atoms with Crippen LogP contribution in [0.25, 0.3) is 0 Å². The number of hydrogen-bond donors (Lipinski definition) is 3. The average Bonchev–Trinajstić information content (AvgIpc) is 2.79. The van der Waals surface area contributed by atoms with Crippen molar-refractivity contribution in [2.75, 3.05) is 18.5 Å². The number of nitrogens with zero attached hydrogens (tertiary/aromatic N) is 1. The predicted octanol–water partition coefficient (Wildman–Crippen LogP) is 3.20.